The van der Waals surface area contributed by atoms with Gasteiger partial charge in [-0.25, -0.2) is 0 Å². The minimum absolute atomic E-state index is 0.0172. The van der Waals surface area contributed by atoms with E-state index in [0.717, 1.165) is 24.4 Å². The molecule has 2 aromatic rings. The number of nitrogens with zero attached hydrogens (tertiary/aromatic N) is 1. The number of aliphatic hydroxyl groups is 1. The van der Waals surface area contributed by atoms with Crippen LogP contribution >= 0.6 is 0 Å². The fourth-order valence-electron chi connectivity index (χ4n) is 5.61. The molecule has 2 fully saturated rings. The van der Waals surface area contributed by atoms with Gasteiger partial charge < -0.3 is 15.2 Å². The Balaban J connectivity index is 1.34. The molecular formula is C25H28N2O3. The number of benzene rings is 2. The van der Waals surface area contributed by atoms with Crippen molar-refractivity contribution in [2.24, 2.45) is 11.3 Å². The lowest BCUT2D eigenvalue weighted by atomic mass is 9.95. The Morgan fingerprint density at radius 3 is 2.77 bits per heavy atom. The molecule has 1 saturated carbocycles. The van der Waals surface area contributed by atoms with Gasteiger partial charge in [0.25, 0.3) is 0 Å². The van der Waals surface area contributed by atoms with Crippen LogP contribution in [-0.4, -0.2) is 54.8 Å². The van der Waals surface area contributed by atoms with Crippen LogP contribution < -0.4 is 10.1 Å². The van der Waals surface area contributed by atoms with Crippen LogP contribution in [0.4, 0.5) is 0 Å². The minimum atomic E-state index is -0.404. The highest BCUT2D eigenvalue weighted by Crippen LogP contribution is 2.68. The molecule has 1 saturated heterocycles. The fourth-order valence-corrected chi connectivity index (χ4v) is 5.61. The van der Waals surface area contributed by atoms with Crippen molar-refractivity contribution < 1.29 is 14.6 Å². The van der Waals surface area contributed by atoms with Crippen molar-refractivity contribution in [3.8, 4) is 5.75 Å². The van der Waals surface area contributed by atoms with E-state index in [4.69, 9.17) is 4.74 Å². The first-order valence-corrected chi connectivity index (χ1v) is 10.7. The zero-order chi connectivity index (χ0) is 20.7. The van der Waals surface area contributed by atoms with Crippen LogP contribution in [-0.2, 0) is 4.79 Å². The van der Waals surface area contributed by atoms with Crippen LogP contribution in [0, 0.1) is 11.3 Å². The largest absolute Gasteiger partial charge is 0.489 e. The Hall–Kier alpha value is -2.63. The summed E-state index contributed by atoms with van der Waals surface area (Å²) in [6, 6.07) is 18.5. The number of hydrogen-bond donors (Lipinski definition) is 2. The number of nitrogens with one attached hydrogen (secondary N) is 1. The lowest BCUT2D eigenvalue weighted by molar-refractivity contribution is -0.119. The van der Waals surface area contributed by atoms with Crippen molar-refractivity contribution in [3.05, 3.63) is 71.3 Å². The molecule has 2 N–H and O–H groups in total. The lowest BCUT2D eigenvalue weighted by Gasteiger charge is -2.22. The first-order chi connectivity index (χ1) is 14.6. The molecule has 2 heterocycles. The Morgan fingerprint density at radius 2 is 1.97 bits per heavy atom. The number of rotatable bonds is 5. The van der Waals surface area contributed by atoms with E-state index in [2.05, 4.69) is 46.6 Å². The first kappa shape index (κ1) is 19.3. The van der Waals surface area contributed by atoms with E-state index in [1.54, 1.807) is 6.92 Å². The molecule has 5 nitrogen and oxygen atoms in total. The smallest absolute Gasteiger partial charge is 0.216 e. The van der Waals surface area contributed by atoms with Gasteiger partial charge in [-0.1, -0.05) is 48.5 Å². The van der Waals surface area contributed by atoms with E-state index in [1.165, 1.54) is 11.1 Å². The first-order valence-electron chi connectivity index (χ1n) is 10.7. The summed E-state index contributed by atoms with van der Waals surface area (Å²) >= 11 is 0. The van der Waals surface area contributed by atoms with Gasteiger partial charge in [0, 0.05) is 44.1 Å². The SMILES string of the molecule is CC(=O)NC[C@@H]1[C@@H](c2ccccc2)[C@]12CN(CC1=Cc3ccccc3OC1)C[C@H]2O. The molecule has 1 spiro atoms. The lowest BCUT2D eigenvalue weighted by Crippen LogP contribution is -2.29. The number of β-amino-alcohol motifs (C(OH)–C–C–N with tert-alkyl or cyclic N) is 1. The van der Waals surface area contributed by atoms with Crippen LogP contribution in [0.5, 0.6) is 5.75 Å². The third-order valence-corrected chi connectivity index (χ3v) is 6.96. The summed E-state index contributed by atoms with van der Waals surface area (Å²) in [7, 11) is 0. The highest BCUT2D eigenvalue weighted by Gasteiger charge is 2.70. The molecule has 5 heteroatoms. The van der Waals surface area contributed by atoms with Crippen LogP contribution in [0.2, 0.25) is 0 Å². The molecule has 2 aromatic carbocycles. The number of likely N-dealkylation sites (tertiary alicyclic amines) is 1. The van der Waals surface area contributed by atoms with Crippen LogP contribution in [0.3, 0.4) is 0 Å². The maximum absolute atomic E-state index is 11.5. The van der Waals surface area contributed by atoms with Crippen molar-refractivity contribution in [2.45, 2.75) is 18.9 Å². The average Bonchev–Trinajstić information content (AvgIpc) is 3.28. The van der Waals surface area contributed by atoms with Gasteiger partial charge in [-0.15, -0.1) is 0 Å². The topological polar surface area (TPSA) is 61.8 Å². The molecule has 0 radical (unpaired) electrons. The molecule has 2 aliphatic heterocycles. The maximum Gasteiger partial charge on any atom is 0.216 e. The number of ether oxygens (including phenoxy) is 1. The highest BCUT2D eigenvalue weighted by molar-refractivity contribution is 5.73. The normalized spacial score (nSPS) is 29.8. The van der Waals surface area contributed by atoms with Crippen molar-refractivity contribution in [1.82, 2.24) is 10.2 Å². The monoisotopic (exact) mass is 404 g/mol. The molecular weight excluding hydrogens is 376 g/mol. The summed E-state index contributed by atoms with van der Waals surface area (Å²) in [6.45, 7) is 5.03. The van der Waals surface area contributed by atoms with E-state index >= 15 is 0 Å². The van der Waals surface area contributed by atoms with Crippen molar-refractivity contribution in [1.29, 1.82) is 0 Å². The summed E-state index contributed by atoms with van der Waals surface area (Å²) in [5.41, 5.74) is 3.40. The van der Waals surface area contributed by atoms with Gasteiger partial charge in [0.05, 0.1) is 6.10 Å². The second-order valence-corrected chi connectivity index (χ2v) is 8.86. The minimum Gasteiger partial charge on any atom is -0.489 e. The zero-order valence-electron chi connectivity index (χ0n) is 17.3. The predicted molar refractivity (Wildman–Crippen MR) is 116 cm³/mol. The van der Waals surface area contributed by atoms with Gasteiger partial charge in [0.15, 0.2) is 0 Å². The van der Waals surface area contributed by atoms with E-state index in [9.17, 15) is 9.90 Å². The predicted octanol–water partition coefficient (Wildman–Crippen LogP) is 2.68. The molecule has 156 valence electrons. The Kier molecular flexibility index (Phi) is 4.88. The average molecular weight is 405 g/mol. The van der Waals surface area contributed by atoms with E-state index in [1.807, 2.05) is 24.3 Å². The Bertz CT molecular complexity index is 973. The molecule has 5 rings (SSSR count). The van der Waals surface area contributed by atoms with Gasteiger partial charge in [-0.3, -0.25) is 9.69 Å². The number of fused-ring (bicyclic) bond motifs is 1. The molecule has 3 aliphatic rings. The summed E-state index contributed by atoms with van der Waals surface area (Å²) in [4.78, 5) is 13.9. The molecule has 4 atom stereocenters. The number of aliphatic hydroxyl groups excluding tert-OH is 1. The third-order valence-electron chi connectivity index (χ3n) is 6.96. The maximum atomic E-state index is 11.5. The number of para-hydroxylation sites is 1. The molecule has 30 heavy (non-hydrogen) atoms. The number of carbonyl (C=O) groups is 1. The quantitative estimate of drug-likeness (QED) is 0.804. The van der Waals surface area contributed by atoms with Gasteiger partial charge in [0.1, 0.15) is 12.4 Å². The van der Waals surface area contributed by atoms with E-state index in [0.29, 0.717) is 19.7 Å². The van der Waals surface area contributed by atoms with Crippen LogP contribution in [0.1, 0.15) is 24.0 Å². The van der Waals surface area contributed by atoms with Gasteiger partial charge >= 0.3 is 0 Å². The second kappa shape index (κ2) is 7.56. The molecule has 1 aliphatic carbocycles. The molecule has 1 amide bonds. The van der Waals surface area contributed by atoms with E-state index < -0.39 is 6.10 Å². The van der Waals surface area contributed by atoms with Crippen molar-refractivity contribution >= 4 is 12.0 Å². The van der Waals surface area contributed by atoms with Crippen molar-refractivity contribution in [2.75, 3.05) is 32.8 Å². The summed E-state index contributed by atoms with van der Waals surface area (Å²) in [6.07, 6.45) is 1.81. The highest BCUT2D eigenvalue weighted by atomic mass is 16.5. The Labute approximate surface area is 177 Å². The van der Waals surface area contributed by atoms with Gasteiger partial charge in [-0.2, -0.15) is 0 Å². The molecule has 0 unspecified atom stereocenters. The summed E-state index contributed by atoms with van der Waals surface area (Å²) in [5.74, 6) is 1.43. The van der Waals surface area contributed by atoms with E-state index in [-0.39, 0.29) is 23.2 Å². The standard InChI is InChI=1S/C25H28N2O3/c1-17(28)26-12-21-24(19-7-3-2-4-8-19)25(21)16-27(14-23(25)29)13-18-11-20-9-5-6-10-22(20)30-15-18/h2-11,21,23-24,29H,12-16H2,1H3,(H,26,28)/t21-,23-,24-,25-/m1/s1. The summed E-state index contributed by atoms with van der Waals surface area (Å²) < 4.78 is 5.91. The second-order valence-electron chi connectivity index (χ2n) is 8.86. The van der Waals surface area contributed by atoms with Crippen molar-refractivity contribution in [3.63, 3.8) is 0 Å². The third kappa shape index (κ3) is 3.32. The number of hydrogen-bond acceptors (Lipinski definition) is 4. The van der Waals surface area contributed by atoms with Gasteiger partial charge in [-0.05, 0) is 35.1 Å². The molecule has 0 aromatic heterocycles. The summed E-state index contributed by atoms with van der Waals surface area (Å²) in [5, 5.41) is 14.1. The van der Waals surface area contributed by atoms with Crippen LogP contribution in [0.15, 0.2) is 60.2 Å². The van der Waals surface area contributed by atoms with Crippen LogP contribution in [0.25, 0.3) is 6.08 Å². The molecule has 0 bridgehead atoms. The Morgan fingerprint density at radius 1 is 1.20 bits per heavy atom. The number of amides is 1. The number of carbonyl (C=O) groups excluding carboxylic acids is 1. The van der Waals surface area contributed by atoms with Gasteiger partial charge in [0.2, 0.25) is 5.91 Å². The fraction of sp³-hybridized carbons (Fsp3) is 0.400. The zero-order valence-corrected chi connectivity index (χ0v) is 17.3.